The van der Waals surface area contributed by atoms with Crippen LogP contribution in [0.2, 0.25) is 0 Å². The lowest BCUT2D eigenvalue weighted by Crippen LogP contribution is -3.12. The van der Waals surface area contributed by atoms with E-state index in [9.17, 15) is 9.59 Å². The summed E-state index contributed by atoms with van der Waals surface area (Å²) in [6, 6.07) is 12.4. The normalized spacial score (nSPS) is 20.6. The van der Waals surface area contributed by atoms with Crippen molar-refractivity contribution in [2.75, 3.05) is 13.1 Å². The van der Waals surface area contributed by atoms with E-state index in [1.54, 1.807) is 6.26 Å². The summed E-state index contributed by atoms with van der Waals surface area (Å²) in [5.41, 5.74) is 2.74. The summed E-state index contributed by atoms with van der Waals surface area (Å²) in [4.78, 5) is 26.2. The first-order valence-corrected chi connectivity index (χ1v) is 11.2. The van der Waals surface area contributed by atoms with Crippen molar-refractivity contribution in [3.8, 4) is 0 Å². The molecule has 2 heterocycles. The molecule has 6 heteroatoms. The van der Waals surface area contributed by atoms with Gasteiger partial charge in [-0.3, -0.25) is 9.59 Å². The van der Waals surface area contributed by atoms with E-state index in [-0.39, 0.29) is 12.1 Å². The highest BCUT2D eigenvalue weighted by Gasteiger charge is 2.31. The van der Waals surface area contributed by atoms with Crippen molar-refractivity contribution in [2.24, 2.45) is 0 Å². The second kappa shape index (κ2) is 9.94. The molecule has 160 valence electrons. The molecular formula is C24H32N3O3+. The van der Waals surface area contributed by atoms with Crippen LogP contribution in [0.1, 0.15) is 61.5 Å². The number of carbonyl (C=O) groups excluding carboxylic acids is 2. The maximum atomic E-state index is 12.5. The van der Waals surface area contributed by atoms with Gasteiger partial charge in [-0.15, -0.1) is 0 Å². The minimum absolute atomic E-state index is 0.0250. The van der Waals surface area contributed by atoms with Gasteiger partial charge >= 0.3 is 11.8 Å². The first-order valence-electron chi connectivity index (χ1n) is 11.2. The molecule has 0 bridgehead atoms. The molecule has 2 aliphatic rings. The fourth-order valence-electron chi connectivity index (χ4n) is 4.78. The zero-order chi connectivity index (χ0) is 20.8. The van der Waals surface area contributed by atoms with Crippen LogP contribution in [0.4, 0.5) is 0 Å². The largest absolute Gasteiger partial charge is 0.463 e. The van der Waals surface area contributed by atoms with E-state index in [1.165, 1.54) is 28.9 Å². The Morgan fingerprint density at radius 1 is 1.00 bits per heavy atom. The van der Waals surface area contributed by atoms with Crippen LogP contribution in [0.5, 0.6) is 0 Å². The fourth-order valence-corrected chi connectivity index (χ4v) is 4.78. The molecule has 1 aliphatic heterocycles. The maximum absolute atomic E-state index is 12.5. The highest BCUT2D eigenvalue weighted by molar-refractivity contribution is 6.35. The van der Waals surface area contributed by atoms with Gasteiger partial charge in [0.15, 0.2) is 11.8 Å². The molecule has 0 spiro atoms. The van der Waals surface area contributed by atoms with E-state index in [2.05, 4.69) is 34.9 Å². The molecular weight excluding hydrogens is 378 g/mol. The Morgan fingerprint density at radius 3 is 2.50 bits per heavy atom. The third-order valence-corrected chi connectivity index (χ3v) is 6.49. The van der Waals surface area contributed by atoms with Gasteiger partial charge < -0.3 is 20.0 Å². The van der Waals surface area contributed by atoms with Crippen molar-refractivity contribution in [3.63, 3.8) is 0 Å². The minimum Gasteiger partial charge on any atom is -0.463 e. The standard InChI is InChI=1S/C24H31N3O3/c28-23(24(29)26-20-10-3-1-2-4-11-20)25-16-21(22-12-7-15-30-22)27-14-13-18-8-5-6-9-19(18)17-27/h5-9,12,15,20-21H,1-4,10-11,13-14,16-17H2,(H,25,28)(H,26,29)/p+1/t21-/m1/s1. The topological polar surface area (TPSA) is 75.8 Å². The zero-order valence-corrected chi connectivity index (χ0v) is 17.5. The Balaban J connectivity index is 1.37. The SMILES string of the molecule is O=C(NC[C@H](c1ccco1)[NH+]1CCc2ccccc2C1)C(=O)NC1CCCCCC1. The van der Waals surface area contributed by atoms with Crippen molar-refractivity contribution in [1.82, 2.24) is 10.6 Å². The third-order valence-electron chi connectivity index (χ3n) is 6.49. The quantitative estimate of drug-likeness (QED) is 0.521. The van der Waals surface area contributed by atoms with Gasteiger partial charge in [0, 0.05) is 18.0 Å². The van der Waals surface area contributed by atoms with E-state index < -0.39 is 11.8 Å². The lowest BCUT2D eigenvalue weighted by Gasteiger charge is -2.31. The molecule has 4 rings (SSSR count). The molecule has 1 fully saturated rings. The summed E-state index contributed by atoms with van der Waals surface area (Å²) in [5, 5.41) is 5.79. The van der Waals surface area contributed by atoms with Crippen LogP contribution in [0.25, 0.3) is 0 Å². The lowest BCUT2D eigenvalue weighted by molar-refractivity contribution is -0.946. The highest BCUT2D eigenvalue weighted by Crippen LogP contribution is 2.17. The van der Waals surface area contributed by atoms with Gasteiger partial charge in [-0.25, -0.2) is 0 Å². The molecule has 2 atom stereocenters. The number of quaternary nitrogens is 1. The molecule has 2 aromatic rings. The minimum atomic E-state index is -0.549. The monoisotopic (exact) mass is 410 g/mol. The smallest absolute Gasteiger partial charge is 0.309 e. The number of rotatable bonds is 5. The predicted octanol–water partition coefficient (Wildman–Crippen LogP) is 1.92. The molecule has 30 heavy (non-hydrogen) atoms. The highest BCUT2D eigenvalue weighted by atomic mass is 16.3. The van der Waals surface area contributed by atoms with Crippen molar-refractivity contribution in [1.29, 1.82) is 0 Å². The molecule has 1 unspecified atom stereocenters. The van der Waals surface area contributed by atoms with Crippen LogP contribution in [-0.2, 0) is 22.6 Å². The van der Waals surface area contributed by atoms with E-state index >= 15 is 0 Å². The van der Waals surface area contributed by atoms with Crippen molar-refractivity contribution >= 4 is 11.8 Å². The fraction of sp³-hybridized carbons (Fsp3) is 0.500. The summed E-state index contributed by atoms with van der Waals surface area (Å²) >= 11 is 0. The average Bonchev–Trinajstić information content (AvgIpc) is 3.18. The number of carbonyl (C=O) groups is 2. The number of amides is 2. The van der Waals surface area contributed by atoms with E-state index in [0.717, 1.165) is 51.0 Å². The van der Waals surface area contributed by atoms with Gasteiger partial charge in [-0.1, -0.05) is 49.9 Å². The number of benzene rings is 1. The zero-order valence-electron chi connectivity index (χ0n) is 17.5. The summed E-state index contributed by atoms with van der Waals surface area (Å²) < 4.78 is 5.69. The summed E-state index contributed by atoms with van der Waals surface area (Å²) in [6.07, 6.45) is 9.26. The molecule has 0 saturated heterocycles. The van der Waals surface area contributed by atoms with Gasteiger partial charge in [-0.05, 0) is 30.5 Å². The molecule has 1 aromatic heterocycles. The maximum Gasteiger partial charge on any atom is 0.309 e. The van der Waals surface area contributed by atoms with Crippen LogP contribution >= 0.6 is 0 Å². The Kier molecular flexibility index (Phi) is 6.84. The Hall–Kier alpha value is -2.60. The molecule has 2 amide bonds. The predicted molar refractivity (Wildman–Crippen MR) is 114 cm³/mol. The molecule has 3 N–H and O–H groups in total. The first-order chi connectivity index (χ1) is 14.7. The van der Waals surface area contributed by atoms with E-state index in [4.69, 9.17) is 4.42 Å². The van der Waals surface area contributed by atoms with E-state index in [0.29, 0.717) is 6.54 Å². The summed E-state index contributed by atoms with van der Waals surface area (Å²) in [6.45, 7) is 2.22. The van der Waals surface area contributed by atoms with Gasteiger partial charge in [0.05, 0.1) is 19.4 Å². The van der Waals surface area contributed by atoms with Crippen molar-refractivity contribution in [3.05, 3.63) is 59.5 Å². The number of fused-ring (bicyclic) bond motifs is 1. The van der Waals surface area contributed by atoms with Crippen LogP contribution in [0, 0.1) is 0 Å². The lowest BCUT2D eigenvalue weighted by atomic mass is 9.98. The van der Waals surface area contributed by atoms with Gasteiger partial charge in [0.1, 0.15) is 6.54 Å². The summed E-state index contributed by atoms with van der Waals surface area (Å²) in [7, 11) is 0. The van der Waals surface area contributed by atoms with Crippen LogP contribution in [0.3, 0.4) is 0 Å². The van der Waals surface area contributed by atoms with Crippen LogP contribution in [0.15, 0.2) is 47.1 Å². The van der Waals surface area contributed by atoms with Gasteiger partial charge in [0.25, 0.3) is 0 Å². The molecule has 6 nitrogen and oxygen atoms in total. The second-order valence-electron chi connectivity index (χ2n) is 8.54. The molecule has 1 saturated carbocycles. The van der Waals surface area contributed by atoms with Crippen molar-refractivity contribution < 1.29 is 18.9 Å². The van der Waals surface area contributed by atoms with E-state index in [1.807, 2.05) is 12.1 Å². The van der Waals surface area contributed by atoms with Gasteiger partial charge in [0.2, 0.25) is 0 Å². The Bertz CT molecular complexity index is 841. The molecule has 0 radical (unpaired) electrons. The first kappa shape index (κ1) is 20.7. The number of hydrogen-bond donors (Lipinski definition) is 3. The Morgan fingerprint density at radius 2 is 1.77 bits per heavy atom. The van der Waals surface area contributed by atoms with Crippen molar-refractivity contribution in [2.45, 2.75) is 63.6 Å². The van der Waals surface area contributed by atoms with Crippen LogP contribution in [-0.4, -0.2) is 30.9 Å². The molecule has 1 aliphatic carbocycles. The second-order valence-corrected chi connectivity index (χ2v) is 8.54. The summed E-state index contributed by atoms with van der Waals surface area (Å²) in [5.74, 6) is -0.222. The number of nitrogens with one attached hydrogen (secondary N) is 3. The average molecular weight is 411 g/mol. The number of furan rings is 1. The van der Waals surface area contributed by atoms with Crippen LogP contribution < -0.4 is 15.5 Å². The number of hydrogen-bond acceptors (Lipinski definition) is 3. The Labute approximate surface area is 178 Å². The molecule has 1 aromatic carbocycles. The van der Waals surface area contributed by atoms with Gasteiger partial charge in [-0.2, -0.15) is 0 Å². The third kappa shape index (κ3) is 5.11.